The van der Waals surface area contributed by atoms with Crippen molar-refractivity contribution < 1.29 is 9.53 Å². The minimum atomic E-state index is 0.172. The molecule has 1 aliphatic heterocycles. The number of nitrogens with zero attached hydrogens (tertiary/aromatic N) is 1. The molecule has 0 aromatic rings. The van der Waals surface area contributed by atoms with E-state index in [0.29, 0.717) is 18.4 Å². The molecule has 1 aliphatic carbocycles. The Kier molecular flexibility index (Phi) is 3.67. The van der Waals surface area contributed by atoms with Crippen molar-refractivity contribution in [1.82, 2.24) is 4.90 Å². The number of ether oxygens (including phenoxy) is 1. The van der Waals surface area contributed by atoms with E-state index in [0.717, 1.165) is 24.7 Å². The lowest BCUT2D eigenvalue weighted by molar-refractivity contribution is -0.149. The molecule has 0 N–H and O–H groups in total. The summed E-state index contributed by atoms with van der Waals surface area (Å²) in [6.45, 7) is 3.50. The Bertz CT molecular complexity index is 243. The van der Waals surface area contributed by atoms with Crippen molar-refractivity contribution in [2.45, 2.75) is 38.3 Å². The molecule has 1 heterocycles. The molecule has 4 heteroatoms. The molecule has 2 atom stereocenters. The van der Waals surface area contributed by atoms with Gasteiger partial charge in [0.2, 0.25) is 5.91 Å². The number of carbonyl (C=O) groups is 1. The number of hydrogen-bond acceptors (Lipinski definition) is 2. The maximum atomic E-state index is 12.1. The molecule has 2 fully saturated rings. The molecule has 0 aromatic heterocycles. The highest BCUT2D eigenvalue weighted by Crippen LogP contribution is 2.29. The third-order valence-corrected chi connectivity index (χ3v) is 4.14. The van der Waals surface area contributed by atoms with E-state index in [1.54, 1.807) is 0 Å². The predicted molar refractivity (Wildman–Crippen MR) is 62.1 cm³/mol. The van der Waals surface area contributed by atoms with Gasteiger partial charge >= 0.3 is 0 Å². The molecule has 1 saturated heterocycles. The Balaban J connectivity index is 1.95. The van der Waals surface area contributed by atoms with E-state index >= 15 is 0 Å². The van der Waals surface area contributed by atoms with Gasteiger partial charge in [0.1, 0.15) is 0 Å². The van der Waals surface area contributed by atoms with E-state index < -0.39 is 0 Å². The fourth-order valence-corrected chi connectivity index (χ4v) is 2.50. The van der Waals surface area contributed by atoms with Gasteiger partial charge in [-0.3, -0.25) is 4.79 Å². The molecule has 0 bridgehead atoms. The lowest BCUT2D eigenvalue weighted by Crippen LogP contribution is -2.53. The first-order valence-electron chi connectivity index (χ1n) is 5.70. The Morgan fingerprint density at radius 2 is 2.27 bits per heavy atom. The molecule has 1 amide bonds. The Morgan fingerprint density at radius 3 is 2.80 bits per heavy atom. The molecule has 3 nitrogen and oxygen atoms in total. The van der Waals surface area contributed by atoms with E-state index in [1.807, 2.05) is 4.90 Å². The molecule has 2 unspecified atom stereocenters. The second-order valence-electron chi connectivity index (χ2n) is 4.58. The van der Waals surface area contributed by atoms with Gasteiger partial charge in [0, 0.05) is 17.8 Å². The summed E-state index contributed by atoms with van der Waals surface area (Å²) >= 11 is 3.41. The molecule has 2 aliphatic rings. The zero-order chi connectivity index (χ0) is 10.8. The third kappa shape index (κ3) is 2.36. The zero-order valence-corrected chi connectivity index (χ0v) is 10.7. The van der Waals surface area contributed by atoms with Crippen LogP contribution in [0, 0.1) is 5.92 Å². The van der Waals surface area contributed by atoms with Crippen molar-refractivity contribution in [2.75, 3.05) is 18.5 Å². The van der Waals surface area contributed by atoms with Gasteiger partial charge in [0.25, 0.3) is 0 Å². The second-order valence-corrected chi connectivity index (χ2v) is 5.22. The van der Waals surface area contributed by atoms with Crippen molar-refractivity contribution in [3.8, 4) is 0 Å². The first-order chi connectivity index (χ1) is 7.22. The lowest BCUT2D eigenvalue weighted by atomic mass is 9.84. The van der Waals surface area contributed by atoms with Crippen LogP contribution in [0.5, 0.6) is 0 Å². The number of amides is 1. The predicted octanol–water partition coefficient (Wildman–Crippen LogP) is 1.80. The second kappa shape index (κ2) is 4.83. The molecule has 0 radical (unpaired) electrons. The lowest BCUT2D eigenvalue weighted by Gasteiger charge is -2.41. The average molecular weight is 276 g/mol. The largest absolute Gasteiger partial charge is 0.373 e. The van der Waals surface area contributed by atoms with Crippen LogP contribution in [-0.4, -0.2) is 41.4 Å². The fraction of sp³-hybridized carbons (Fsp3) is 0.909. The number of carbonyl (C=O) groups excluding carboxylic acids is 1. The van der Waals surface area contributed by atoms with E-state index in [4.69, 9.17) is 4.74 Å². The average Bonchev–Trinajstić information content (AvgIpc) is 2.15. The first kappa shape index (κ1) is 11.4. The van der Waals surface area contributed by atoms with Gasteiger partial charge in [-0.25, -0.2) is 0 Å². The van der Waals surface area contributed by atoms with E-state index in [1.165, 1.54) is 6.42 Å². The number of alkyl halides is 1. The third-order valence-electron chi connectivity index (χ3n) is 3.42. The number of morpholine rings is 1. The van der Waals surface area contributed by atoms with Crippen molar-refractivity contribution in [1.29, 1.82) is 0 Å². The molecule has 0 aromatic carbocycles. The molecule has 1 saturated carbocycles. The van der Waals surface area contributed by atoms with Crippen LogP contribution in [0.1, 0.15) is 26.2 Å². The van der Waals surface area contributed by atoms with Crippen molar-refractivity contribution in [2.24, 2.45) is 5.92 Å². The fourth-order valence-electron chi connectivity index (χ4n) is 2.11. The molecule has 2 rings (SSSR count). The maximum Gasteiger partial charge on any atom is 0.226 e. The summed E-state index contributed by atoms with van der Waals surface area (Å²) in [4.78, 5) is 14.1. The van der Waals surface area contributed by atoms with Crippen molar-refractivity contribution in [3.63, 3.8) is 0 Å². The van der Waals surface area contributed by atoms with E-state index in [2.05, 4.69) is 22.9 Å². The first-order valence-corrected chi connectivity index (χ1v) is 6.82. The highest BCUT2D eigenvalue weighted by atomic mass is 79.9. The van der Waals surface area contributed by atoms with Crippen LogP contribution < -0.4 is 0 Å². The molecular weight excluding hydrogens is 258 g/mol. The zero-order valence-electron chi connectivity index (χ0n) is 9.12. The van der Waals surface area contributed by atoms with Crippen LogP contribution in [0.4, 0.5) is 0 Å². The normalized spacial score (nSPS) is 32.5. The Hall–Kier alpha value is -0.0900. The smallest absolute Gasteiger partial charge is 0.226 e. The van der Waals surface area contributed by atoms with Crippen LogP contribution in [0.15, 0.2) is 0 Å². The van der Waals surface area contributed by atoms with Crippen LogP contribution in [0.2, 0.25) is 0 Å². The van der Waals surface area contributed by atoms with Gasteiger partial charge in [-0.05, 0) is 19.8 Å². The maximum absolute atomic E-state index is 12.1. The summed E-state index contributed by atoms with van der Waals surface area (Å²) in [6.07, 6.45) is 3.56. The van der Waals surface area contributed by atoms with Crippen LogP contribution in [-0.2, 0) is 9.53 Å². The molecule has 15 heavy (non-hydrogen) atoms. The highest BCUT2D eigenvalue weighted by molar-refractivity contribution is 9.09. The summed E-state index contributed by atoms with van der Waals surface area (Å²) in [5.41, 5.74) is 0. The van der Waals surface area contributed by atoms with Crippen molar-refractivity contribution >= 4 is 21.8 Å². The summed E-state index contributed by atoms with van der Waals surface area (Å²) in [5.74, 6) is 0.657. The Morgan fingerprint density at radius 1 is 1.53 bits per heavy atom. The minimum absolute atomic E-state index is 0.172. The van der Waals surface area contributed by atoms with Crippen LogP contribution >= 0.6 is 15.9 Å². The number of hydrogen-bond donors (Lipinski definition) is 0. The number of halogens is 1. The van der Waals surface area contributed by atoms with E-state index in [-0.39, 0.29) is 12.1 Å². The SMILES string of the molecule is CC1COC(CBr)CN1C(=O)C1CCC1. The van der Waals surface area contributed by atoms with Gasteiger partial charge in [0.15, 0.2) is 0 Å². The molecule has 0 spiro atoms. The van der Waals surface area contributed by atoms with Gasteiger partial charge < -0.3 is 9.64 Å². The van der Waals surface area contributed by atoms with Crippen LogP contribution in [0.25, 0.3) is 0 Å². The summed E-state index contributed by atoms with van der Waals surface area (Å²) in [5, 5.41) is 0.814. The topological polar surface area (TPSA) is 29.5 Å². The quantitative estimate of drug-likeness (QED) is 0.720. The van der Waals surface area contributed by atoms with Crippen LogP contribution in [0.3, 0.4) is 0 Å². The van der Waals surface area contributed by atoms with Gasteiger partial charge in [-0.1, -0.05) is 22.4 Å². The molecular formula is C11H18BrNO2. The standard InChI is InChI=1S/C11H18BrNO2/c1-8-7-15-10(5-12)6-13(8)11(14)9-3-2-4-9/h8-10H,2-7H2,1H3. The van der Waals surface area contributed by atoms with E-state index in [9.17, 15) is 4.79 Å². The van der Waals surface area contributed by atoms with Gasteiger partial charge in [0.05, 0.1) is 18.8 Å². The highest BCUT2D eigenvalue weighted by Gasteiger charge is 2.35. The Labute approximate surface area is 99.3 Å². The van der Waals surface area contributed by atoms with Gasteiger partial charge in [-0.2, -0.15) is 0 Å². The summed E-state index contributed by atoms with van der Waals surface area (Å²) < 4.78 is 5.61. The summed E-state index contributed by atoms with van der Waals surface area (Å²) in [7, 11) is 0. The summed E-state index contributed by atoms with van der Waals surface area (Å²) in [6, 6.07) is 0.244. The van der Waals surface area contributed by atoms with Crippen molar-refractivity contribution in [3.05, 3.63) is 0 Å². The number of rotatable bonds is 2. The monoisotopic (exact) mass is 275 g/mol. The van der Waals surface area contributed by atoms with Gasteiger partial charge in [-0.15, -0.1) is 0 Å². The minimum Gasteiger partial charge on any atom is -0.373 e. The molecule has 86 valence electrons.